The smallest absolute Gasteiger partial charge is 0.341 e. The van der Waals surface area contributed by atoms with Gasteiger partial charge >= 0.3 is 5.97 Å². The van der Waals surface area contributed by atoms with E-state index in [-0.39, 0.29) is 16.6 Å². The molecule has 1 amide bonds. The Balaban J connectivity index is 1.66. The fourth-order valence-corrected chi connectivity index (χ4v) is 5.53. The van der Waals surface area contributed by atoms with Gasteiger partial charge in [-0.25, -0.2) is 4.79 Å². The van der Waals surface area contributed by atoms with Crippen molar-refractivity contribution in [3.8, 4) is 5.75 Å². The molecule has 0 unspecified atom stereocenters. The monoisotopic (exact) mass is 525 g/mol. The molecule has 4 aromatic rings. The number of thiophene rings is 1. The molecular formula is C26H27N3O5S2. The maximum Gasteiger partial charge on any atom is 0.341 e. The number of rotatable bonds is 7. The highest BCUT2D eigenvalue weighted by Crippen LogP contribution is 2.37. The van der Waals surface area contributed by atoms with Crippen molar-refractivity contribution in [1.29, 1.82) is 0 Å². The SMILES string of the molecule is CCN(CC)C(=O)c1sc(NC(=S)Nc2cc3oc4ccccc4c3cc2OC)c(C(=O)OC)c1C. The van der Waals surface area contributed by atoms with Crippen LogP contribution in [0.2, 0.25) is 0 Å². The molecule has 0 fully saturated rings. The first-order chi connectivity index (χ1) is 17.3. The van der Waals surface area contributed by atoms with Gasteiger partial charge in [-0.15, -0.1) is 11.3 Å². The molecule has 0 bridgehead atoms. The van der Waals surface area contributed by atoms with Crippen LogP contribution in [0.4, 0.5) is 10.7 Å². The van der Waals surface area contributed by atoms with Crippen LogP contribution < -0.4 is 15.4 Å². The van der Waals surface area contributed by atoms with Gasteiger partial charge in [0.15, 0.2) is 5.11 Å². The normalized spacial score (nSPS) is 10.9. The number of nitrogens with one attached hydrogen (secondary N) is 2. The van der Waals surface area contributed by atoms with Crippen molar-refractivity contribution < 1.29 is 23.5 Å². The number of esters is 1. The number of amides is 1. The third-order valence-electron chi connectivity index (χ3n) is 5.96. The van der Waals surface area contributed by atoms with Gasteiger partial charge in [-0.05, 0) is 50.7 Å². The van der Waals surface area contributed by atoms with Gasteiger partial charge in [0, 0.05) is 29.9 Å². The highest BCUT2D eigenvalue weighted by Gasteiger charge is 2.27. The van der Waals surface area contributed by atoms with Crippen LogP contribution in [0.5, 0.6) is 5.75 Å². The molecule has 0 aliphatic carbocycles. The standard InChI is InChI=1S/C26H27N3O5S2/c1-6-29(7-2)24(30)22-14(3)21(25(31)33-5)23(36-22)28-26(35)27-17-13-19-16(12-20(17)32-4)15-10-8-9-11-18(15)34-19/h8-13H,6-7H2,1-5H3,(H2,27,28,35). The van der Waals surface area contributed by atoms with Crippen LogP contribution in [-0.2, 0) is 4.74 Å². The summed E-state index contributed by atoms with van der Waals surface area (Å²) in [6.07, 6.45) is 0. The molecule has 0 radical (unpaired) electrons. The number of furan rings is 1. The summed E-state index contributed by atoms with van der Waals surface area (Å²) in [5, 5.41) is 8.76. The lowest BCUT2D eigenvalue weighted by atomic mass is 10.1. The van der Waals surface area contributed by atoms with Crippen LogP contribution in [0, 0.1) is 6.92 Å². The molecule has 0 saturated carbocycles. The Morgan fingerprint density at radius 2 is 1.78 bits per heavy atom. The minimum absolute atomic E-state index is 0.142. The zero-order valence-electron chi connectivity index (χ0n) is 20.7. The average Bonchev–Trinajstić information content (AvgIpc) is 3.40. The number of thiocarbonyl (C=S) groups is 1. The molecule has 2 aromatic carbocycles. The molecule has 4 rings (SSSR count). The van der Waals surface area contributed by atoms with E-state index in [2.05, 4.69) is 10.6 Å². The predicted octanol–water partition coefficient (Wildman–Crippen LogP) is 6.04. The number of benzene rings is 2. The largest absolute Gasteiger partial charge is 0.495 e. The number of ether oxygens (including phenoxy) is 2. The lowest BCUT2D eigenvalue weighted by Gasteiger charge is -2.18. The molecule has 2 N–H and O–H groups in total. The van der Waals surface area contributed by atoms with E-state index < -0.39 is 5.97 Å². The molecule has 36 heavy (non-hydrogen) atoms. The molecule has 2 heterocycles. The summed E-state index contributed by atoms with van der Waals surface area (Å²) in [4.78, 5) is 27.8. The number of carbonyl (C=O) groups is 2. The first kappa shape index (κ1) is 25.5. The quantitative estimate of drug-likeness (QED) is 0.223. The summed E-state index contributed by atoms with van der Waals surface area (Å²) in [5.41, 5.74) is 2.87. The summed E-state index contributed by atoms with van der Waals surface area (Å²) in [6, 6.07) is 11.5. The number of fused-ring (bicyclic) bond motifs is 3. The molecule has 8 nitrogen and oxygen atoms in total. The Morgan fingerprint density at radius 1 is 1.06 bits per heavy atom. The van der Waals surface area contributed by atoms with Crippen LogP contribution >= 0.6 is 23.6 Å². The Labute approximate surface area is 218 Å². The highest BCUT2D eigenvalue weighted by molar-refractivity contribution is 7.80. The number of carbonyl (C=O) groups excluding carboxylic acids is 2. The van der Waals surface area contributed by atoms with Crippen LogP contribution in [0.15, 0.2) is 40.8 Å². The summed E-state index contributed by atoms with van der Waals surface area (Å²) < 4.78 is 16.6. The molecule has 2 aromatic heterocycles. The average molecular weight is 526 g/mol. The summed E-state index contributed by atoms with van der Waals surface area (Å²) in [6.45, 7) is 6.69. The zero-order valence-corrected chi connectivity index (χ0v) is 22.3. The second kappa shape index (κ2) is 10.5. The second-order valence-electron chi connectivity index (χ2n) is 7.96. The highest BCUT2D eigenvalue weighted by atomic mass is 32.1. The number of hydrogen-bond donors (Lipinski definition) is 2. The molecule has 0 aliphatic heterocycles. The fraction of sp³-hybridized carbons (Fsp3) is 0.269. The molecule has 188 valence electrons. The first-order valence-corrected chi connectivity index (χ1v) is 12.6. The van der Waals surface area contributed by atoms with Gasteiger partial charge in [0.1, 0.15) is 21.9 Å². The van der Waals surface area contributed by atoms with Crippen LogP contribution in [0.3, 0.4) is 0 Å². The van der Waals surface area contributed by atoms with Crippen molar-refractivity contribution in [2.45, 2.75) is 20.8 Å². The van der Waals surface area contributed by atoms with Crippen molar-refractivity contribution in [2.24, 2.45) is 0 Å². The van der Waals surface area contributed by atoms with E-state index in [0.29, 0.717) is 45.6 Å². The van der Waals surface area contributed by atoms with Crippen molar-refractivity contribution in [2.75, 3.05) is 37.9 Å². The third kappa shape index (κ3) is 4.61. The van der Waals surface area contributed by atoms with E-state index in [1.54, 1.807) is 18.9 Å². The molecular weight excluding hydrogens is 498 g/mol. The molecule has 0 spiro atoms. The number of anilines is 2. The number of para-hydroxylation sites is 1. The van der Waals surface area contributed by atoms with Crippen molar-refractivity contribution in [1.82, 2.24) is 4.90 Å². The van der Waals surface area contributed by atoms with Gasteiger partial charge in [-0.3, -0.25) is 4.79 Å². The Kier molecular flexibility index (Phi) is 7.46. The minimum atomic E-state index is -0.547. The molecule has 0 aliphatic rings. The van der Waals surface area contributed by atoms with E-state index >= 15 is 0 Å². The fourth-order valence-electron chi connectivity index (χ4n) is 4.08. The lowest BCUT2D eigenvalue weighted by molar-refractivity contribution is 0.0601. The number of methoxy groups -OCH3 is 2. The Hall–Kier alpha value is -3.63. The lowest BCUT2D eigenvalue weighted by Crippen LogP contribution is -2.30. The topological polar surface area (TPSA) is 93.0 Å². The Bertz CT molecular complexity index is 1470. The van der Waals surface area contributed by atoms with Gasteiger partial charge in [0.2, 0.25) is 0 Å². The summed E-state index contributed by atoms with van der Waals surface area (Å²) in [5.74, 6) is -0.114. The number of nitrogens with zero attached hydrogens (tertiary/aromatic N) is 1. The van der Waals surface area contributed by atoms with Gasteiger partial charge in [-0.2, -0.15) is 0 Å². The molecule has 0 atom stereocenters. The van der Waals surface area contributed by atoms with Crippen LogP contribution in [-0.4, -0.2) is 49.2 Å². The van der Waals surface area contributed by atoms with Crippen molar-refractivity contribution in [3.05, 3.63) is 52.4 Å². The molecule has 0 saturated heterocycles. The second-order valence-corrected chi connectivity index (χ2v) is 9.38. The van der Waals surface area contributed by atoms with Crippen LogP contribution in [0.1, 0.15) is 39.4 Å². The van der Waals surface area contributed by atoms with E-state index in [0.717, 1.165) is 16.4 Å². The van der Waals surface area contributed by atoms with E-state index in [9.17, 15) is 9.59 Å². The van der Waals surface area contributed by atoms with E-state index in [1.165, 1.54) is 18.4 Å². The summed E-state index contributed by atoms with van der Waals surface area (Å²) in [7, 11) is 2.88. The van der Waals surface area contributed by atoms with E-state index in [4.69, 9.17) is 26.1 Å². The minimum Gasteiger partial charge on any atom is -0.495 e. The third-order valence-corrected chi connectivity index (χ3v) is 7.35. The number of hydrogen-bond acceptors (Lipinski definition) is 7. The van der Waals surface area contributed by atoms with Gasteiger partial charge < -0.3 is 29.4 Å². The van der Waals surface area contributed by atoms with Crippen LogP contribution in [0.25, 0.3) is 21.9 Å². The van der Waals surface area contributed by atoms with Gasteiger partial charge in [0.25, 0.3) is 5.91 Å². The van der Waals surface area contributed by atoms with Crippen molar-refractivity contribution in [3.63, 3.8) is 0 Å². The van der Waals surface area contributed by atoms with E-state index in [1.807, 2.05) is 50.2 Å². The van der Waals surface area contributed by atoms with Gasteiger partial charge in [0.05, 0.1) is 30.3 Å². The maximum atomic E-state index is 13.0. The Morgan fingerprint density at radius 3 is 2.44 bits per heavy atom. The summed E-state index contributed by atoms with van der Waals surface area (Å²) >= 11 is 6.73. The predicted molar refractivity (Wildman–Crippen MR) is 148 cm³/mol. The molecule has 10 heteroatoms. The van der Waals surface area contributed by atoms with Crippen molar-refractivity contribution >= 4 is 73.2 Å². The maximum absolute atomic E-state index is 13.0. The van der Waals surface area contributed by atoms with Gasteiger partial charge in [-0.1, -0.05) is 18.2 Å². The first-order valence-electron chi connectivity index (χ1n) is 11.4. The zero-order chi connectivity index (χ0) is 26.0.